The van der Waals surface area contributed by atoms with Crippen molar-refractivity contribution >= 4 is 23.2 Å². The van der Waals surface area contributed by atoms with E-state index >= 15 is 0 Å². The summed E-state index contributed by atoms with van der Waals surface area (Å²) < 4.78 is 17.2. The van der Waals surface area contributed by atoms with E-state index in [0.29, 0.717) is 37.6 Å². The number of carbonyl (C=O) groups is 2. The maximum absolute atomic E-state index is 13.8. The summed E-state index contributed by atoms with van der Waals surface area (Å²) in [5.41, 5.74) is 1.62. The summed E-state index contributed by atoms with van der Waals surface area (Å²) in [6.07, 6.45) is 2.58. The fourth-order valence-electron chi connectivity index (χ4n) is 5.01. The normalized spacial score (nSPS) is 18.8. The number of nitrogens with zero attached hydrogens (tertiary/aromatic N) is 2. The van der Waals surface area contributed by atoms with Gasteiger partial charge in [-0.2, -0.15) is 0 Å². The average molecular weight is 521 g/mol. The molecule has 2 aliphatic rings. The molecule has 5 rings (SSSR count). The minimum atomic E-state index is -0.209. The largest absolute Gasteiger partial charge is 0.497 e. The molecule has 3 aromatic rings. The number of fused-ring (bicyclic) bond motifs is 1. The van der Waals surface area contributed by atoms with Crippen LogP contribution in [0, 0.1) is 0 Å². The molecule has 0 radical (unpaired) electrons. The van der Waals surface area contributed by atoms with Crippen LogP contribution in [-0.2, 0) is 16.0 Å². The quantitative estimate of drug-likeness (QED) is 0.413. The van der Waals surface area contributed by atoms with Crippen LogP contribution in [0.2, 0.25) is 0 Å². The lowest BCUT2D eigenvalue weighted by Gasteiger charge is -2.37. The number of amides is 2. The van der Waals surface area contributed by atoms with Crippen molar-refractivity contribution in [3.63, 3.8) is 0 Å². The minimum Gasteiger partial charge on any atom is -0.497 e. The molecule has 1 fully saturated rings. The number of methoxy groups -OCH3 is 1. The van der Waals surface area contributed by atoms with Crippen LogP contribution in [0.3, 0.4) is 0 Å². The lowest BCUT2D eigenvalue weighted by Crippen LogP contribution is -2.49. The third-order valence-corrected chi connectivity index (χ3v) is 7.94. The molecule has 0 aliphatic carbocycles. The number of carbonyl (C=O) groups excluding carboxylic acids is 2. The lowest BCUT2D eigenvalue weighted by atomic mass is 10.00. The summed E-state index contributed by atoms with van der Waals surface area (Å²) >= 11 is 1.72. The van der Waals surface area contributed by atoms with Gasteiger partial charge in [0, 0.05) is 30.1 Å². The van der Waals surface area contributed by atoms with Crippen molar-refractivity contribution < 1.29 is 23.8 Å². The maximum atomic E-state index is 13.8. The molecule has 0 bridgehead atoms. The Kier molecular flexibility index (Phi) is 8.06. The fourth-order valence-corrected chi connectivity index (χ4v) is 5.94. The first kappa shape index (κ1) is 25.3. The molecule has 2 amide bonds. The van der Waals surface area contributed by atoms with E-state index in [0.717, 1.165) is 30.6 Å². The highest BCUT2D eigenvalue weighted by molar-refractivity contribution is 7.10. The Morgan fingerprint density at radius 2 is 1.95 bits per heavy atom. The van der Waals surface area contributed by atoms with Crippen molar-refractivity contribution in [1.29, 1.82) is 0 Å². The van der Waals surface area contributed by atoms with E-state index in [1.54, 1.807) is 47.6 Å². The zero-order chi connectivity index (χ0) is 25.6. The van der Waals surface area contributed by atoms with Crippen molar-refractivity contribution in [3.05, 3.63) is 82.0 Å². The number of para-hydroxylation sites is 1. The van der Waals surface area contributed by atoms with Crippen LogP contribution >= 0.6 is 11.3 Å². The van der Waals surface area contributed by atoms with Crippen molar-refractivity contribution in [3.8, 4) is 11.5 Å². The highest BCUT2D eigenvalue weighted by Crippen LogP contribution is 2.34. The minimum absolute atomic E-state index is 0.0167. The average Bonchev–Trinajstić information content (AvgIpc) is 3.64. The Balaban J connectivity index is 1.36. The molecule has 1 aromatic heterocycles. The molecule has 0 saturated carbocycles. The molecule has 8 heteroatoms. The third kappa shape index (κ3) is 5.97. The molecule has 2 aliphatic heterocycles. The number of benzene rings is 2. The van der Waals surface area contributed by atoms with E-state index in [1.165, 1.54) is 4.88 Å². The third-order valence-electron chi connectivity index (χ3n) is 6.94. The Morgan fingerprint density at radius 1 is 1.11 bits per heavy atom. The highest BCUT2D eigenvalue weighted by atomic mass is 32.1. The van der Waals surface area contributed by atoms with Gasteiger partial charge in [0.25, 0.3) is 5.91 Å². The van der Waals surface area contributed by atoms with Gasteiger partial charge < -0.3 is 24.0 Å². The van der Waals surface area contributed by atoms with Gasteiger partial charge in [-0.15, -0.1) is 11.3 Å². The molecular weight excluding hydrogens is 488 g/mol. The Morgan fingerprint density at radius 3 is 2.73 bits per heavy atom. The standard InChI is InChI=1S/C29H32N2O5S/c1-34-23-10-5-7-21(17-23)29(33)30(18-24-11-6-15-35-24)19-28(32)31-14-12-27-25(13-16-37-27)26(31)20-36-22-8-3-2-4-9-22/h2-5,7-10,13,16-17,24,26H,6,11-12,14-15,18-20H2,1H3/t24-,26+/m1/s1. The summed E-state index contributed by atoms with van der Waals surface area (Å²) in [5.74, 6) is 1.08. The lowest BCUT2D eigenvalue weighted by molar-refractivity contribution is -0.135. The fraction of sp³-hybridized carbons (Fsp3) is 0.379. The molecule has 0 spiro atoms. The maximum Gasteiger partial charge on any atom is 0.254 e. The topological polar surface area (TPSA) is 68.3 Å². The van der Waals surface area contributed by atoms with Crippen molar-refractivity contribution in [1.82, 2.24) is 9.80 Å². The number of thiophene rings is 1. The van der Waals surface area contributed by atoms with Crippen LogP contribution in [-0.4, -0.2) is 67.7 Å². The number of ether oxygens (including phenoxy) is 3. The Bertz CT molecular complexity index is 1210. The first-order valence-electron chi connectivity index (χ1n) is 12.7. The van der Waals surface area contributed by atoms with Crippen LogP contribution in [0.25, 0.3) is 0 Å². The first-order valence-corrected chi connectivity index (χ1v) is 13.6. The van der Waals surface area contributed by atoms with Gasteiger partial charge in [-0.3, -0.25) is 9.59 Å². The molecule has 194 valence electrons. The van der Waals surface area contributed by atoms with Crippen molar-refractivity contribution in [2.75, 3.05) is 40.0 Å². The summed E-state index contributed by atoms with van der Waals surface area (Å²) in [4.78, 5) is 32.2. The second-order valence-electron chi connectivity index (χ2n) is 9.33. The second-order valence-corrected chi connectivity index (χ2v) is 10.3. The van der Waals surface area contributed by atoms with Crippen LogP contribution in [0.1, 0.15) is 39.7 Å². The molecular formula is C29H32N2O5S. The summed E-state index contributed by atoms with van der Waals surface area (Å²) in [5, 5.41) is 2.07. The molecule has 2 aromatic carbocycles. The van der Waals surface area contributed by atoms with E-state index in [2.05, 4.69) is 11.4 Å². The zero-order valence-electron chi connectivity index (χ0n) is 21.0. The van der Waals surface area contributed by atoms with Crippen molar-refractivity contribution in [2.45, 2.75) is 31.4 Å². The summed E-state index contributed by atoms with van der Waals surface area (Å²) in [6, 6.07) is 18.6. The predicted octanol–water partition coefficient (Wildman–Crippen LogP) is 4.58. The number of hydrogen-bond donors (Lipinski definition) is 0. The van der Waals surface area contributed by atoms with Crippen molar-refractivity contribution in [2.24, 2.45) is 0 Å². The molecule has 37 heavy (non-hydrogen) atoms. The van der Waals surface area contributed by atoms with Crippen LogP contribution < -0.4 is 9.47 Å². The van der Waals surface area contributed by atoms with Gasteiger partial charge in [-0.25, -0.2) is 0 Å². The zero-order valence-corrected chi connectivity index (χ0v) is 21.8. The van der Waals surface area contributed by atoms with E-state index in [4.69, 9.17) is 14.2 Å². The molecule has 7 nitrogen and oxygen atoms in total. The number of rotatable bonds is 9. The smallest absolute Gasteiger partial charge is 0.254 e. The SMILES string of the molecule is COc1cccc(C(=O)N(CC(=O)N2CCc3sccc3[C@@H]2COc2ccccc2)C[C@H]2CCCO2)c1. The second kappa shape index (κ2) is 11.8. The van der Waals surface area contributed by atoms with E-state index in [-0.39, 0.29) is 30.5 Å². The molecule has 2 atom stereocenters. The van der Waals surface area contributed by atoms with Gasteiger partial charge in [0.2, 0.25) is 5.91 Å². The summed E-state index contributed by atoms with van der Waals surface area (Å²) in [7, 11) is 1.57. The van der Waals surface area contributed by atoms with Crippen LogP contribution in [0.4, 0.5) is 0 Å². The highest BCUT2D eigenvalue weighted by Gasteiger charge is 2.34. The Labute approximate surface area is 221 Å². The number of hydrogen-bond acceptors (Lipinski definition) is 6. The van der Waals surface area contributed by atoms with Gasteiger partial charge in [0.1, 0.15) is 24.7 Å². The molecule has 0 N–H and O–H groups in total. The van der Waals surface area contributed by atoms with Gasteiger partial charge in [0.15, 0.2) is 0 Å². The van der Waals surface area contributed by atoms with Gasteiger partial charge in [-0.1, -0.05) is 24.3 Å². The van der Waals surface area contributed by atoms with Gasteiger partial charge in [0.05, 0.1) is 19.3 Å². The van der Waals surface area contributed by atoms with Gasteiger partial charge >= 0.3 is 0 Å². The first-order chi connectivity index (χ1) is 18.1. The predicted molar refractivity (Wildman–Crippen MR) is 142 cm³/mol. The van der Waals surface area contributed by atoms with E-state index in [9.17, 15) is 9.59 Å². The monoisotopic (exact) mass is 520 g/mol. The molecule has 3 heterocycles. The Hall–Kier alpha value is -3.36. The van der Waals surface area contributed by atoms with Crippen LogP contribution in [0.5, 0.6) is 11.5 Å². The van der Waals surface area contributed by atoms with Gasteiger partial charge in [-0.05, 0) is 66.6 Å². The molecule has 0 unspecified atom stereocenters. The van der Waals surface area contributed by atoms with E-state index < -0.39 is 0 Å². The van der Waals surface area contributed by atoms with E-state index in [1.807, 2.05) is 35.2 Å². The molecule has 1 saturated heterocycles. The van der Waals surface area contributed by atoms with Crippen LogP contribution in [0.15, 0.2) is 66.0 Å². The summed E-state index contributed by atoms with van der Waals surface area (Å²) in [6.45, 7) is 2.00.